The quantitative estimate of drug-likeness (QED) is 0.714. The van der Waals surface area contributed by atoms with Crippen molar-refractivity contribution in [2.45, 2.75) is 24.8 Å². The van der Waals surface area contributed by atoms with Gasteiger partial charge in [0, 0.05) is 5.38 Å². The van der Waals surface area contributed by atoms with E-state index in [1.165, 1.54) is 19.3 Å². The maximum atomic E-state index is 6.29. The fourth-order valence-corrected chi connectivity index (χ4v) is 3.16. The molecule has 2 aliphatic rings. The molecular weight excluding hydrogens is 168 g/mol. The van der Waals surface area contributed by atoms with Gasteiger partial charge in [-0.2, -0.15) is 0 Å². The Balaban J connectivity index is 1.92. The highest BCUT2D eigenvalue weighted by Gasteiger charge is 2.53. The molecule has 0 saturated heterocycles. The topological polar surface area (TPSA) is 38.9 Å². The van der Waals surface area contributed by atoms with E-state index in [9.17, 15) is 0 Å². The first-order valence-corrected chi connectivity index (χ1v) is 5.40. The van der Waals surface area contributed by atoms with Crippen LogP contribution in [0.25, 0.3) is 0 Å². The standard InChI is InChI=1S/C9H12N2S/c10-9(8-4-12-5-11-8)2-6-1-7(6)3-9/h4-7H,1-3,10H2. The van der Waals surface area contributed by atoms with Gasteiger partial charge in [-0.1, -0.05) is 0 Å². The summed E-state index contributed by atoms with van der Waals surface area (Å²) in [5.74, 6) is 1.85. The van der Waals surface area contributed by atoms with Crippen molar-refractivity contribution >= 4 is 11.3 Å². The Kier molecular flexibility index (Phi) is 1.23. The van der Waals surface area contributed by atoms with Gasteiger partial charge in [0.2, 0.25) is 0 Å². The summed E-state index contributed by atoms with van der Waals surface area (Å²) < 4.78 is 0. The fraction of sp³-hybridized carbons (Fsp3) is 0.667. The third kappa shape index (κ3) is 0.866. The van der Waals surface area contributed by atoms with E-state index in [1.54, 1.807) is 11.3 Å². The maximum Gasteiger partial charge on any atom is 0.0795 e. The predicted octanol–water partition coefficient (Wildman–Crippen LogP) is 1.73. The van der Waals surface area contributed by atoms with Crippen molar-refractivity contribution in [3.8, 4) is 0 Å². The van der Waals surface area contributed by atoms with Gasteiger partial charge in [0.05, 0.1) is 16.7 Å². The SMILES string of the molecule is NC1(c2cscn2)CC2CC2C1. The molecule has 3 heteroatoms. The van der Waals surface area contributed by atoms with Gasteiger partial charge < -0.3 is 5.73 Å². The molecule has 2 N–H and O–H groups in total. The Morgan fingerprint density at radius 3 is 2.83 bits per heavy atom. The molecule has 1 aromatic heterocycles. The van der Waals surface area contributed by atoms with Crippen LogP contribution < -0.4 is 5.73 Å². The number of nitrogens with two attached hydrogens (primary N) is 1. The van der Waals surface area contributed by atoms with Crippen LogP contribution in [0.15, 0.2) is 10.9 Å². The van der Waals surface area contributed by atoms with Crippen molar-refractivity contribution in [2.75, 3.05) is 0 Å². The molecule has 64 valence electrons. The zero-order valence-corrected chi connectivity index (χ0v) is 7.68. The van der Waals surface area contributed by atoms with Gasteiger partial charge in [-0.3, -0.25) is 0 Å². The van der Waals surface area contributed by atoms with Gasteiger partial charge in [0.15, 0.2) is 0 Å². The lowest BCUT2D eigenvalue weighted by atomic mass is 9.92. The average Bonchev–Trinajstić information content (AvgIpc) is 2.59. The van der Waals surface area contributed by atoms with E-state index in [4.69, 9.17) is 5.73 Å². The van der Waals surface area contributed by atoms with Gasteiger partial charge in [-0.15, -0.1) is 11.3 Å². The monoisotopic (exact) mass is 180 g/mol. The third-order valence-corrected chi connectivity index (χ3v) is 3.85. The summed E-state index contributed by atoms with van der Waals surface area (Å²) in [6, 6.07) is 0. The predicted molar refractivity (Wildman–Crippen MR) is 48.8 cm³/mol. The van der Waals surface area contributed by atoms with Crippen molar-refractivity contribution in [2.24, 2.45) is 17.6 Å². The second-order valence-electron chi connectivity index (χ2n) is 4.19. The molecule has 0 spiro atoms. The van der Waals surface area contributed by atoms with Crippen molar-refractivity contribution in [1.82, 2.24) is 4.98 Å². The van der Waals surface area contributed by atoms with Crippen LogP contribution in [0.5, 0.6) is 0 Å². The Morgan fingerprint density at radius 1 is 1.50 bits per heavy atom. The van der Waals surface area contributed by atoms with Crippen molar-refractivity contribution in [3.63, 3.8) is 0 Å². The molecule has 1 aromatic rings. The van der Waals surface area contributed by atoms with Crippen LogP contribution in [0.3, 0.4) is 0 Å². The van der Waals surface area contributed by atoms with Crippen LogP contribution in [0.1, 0.15) is 25.0 Å². The summed E-state index contributed by atoms with van der Waals surface area (Å²) in [5, 5.41) is 2.10. The normalized spacial score (nSPS) is 44.4. The largest absolute Gasteiger partial charge is 0.320 e. The molecule has 0 aliphatic heterocycles. The number of fused-ring (bicyclic) bond motifs is 1. The van der Waals surface area contributed by atoms with Crippen molar-refractivity contribution in [1.29, 1.82) is 0 Å². The van der Waals surface area contributed by atoms with Crippen LogP contribution in [-0.4, -0.2) is 4.98 Å². The van der Waals surface area contributed by atoms with E-state index in [2.05, 4.69) is 10.4 Å². The zero-order chi connectivity index (χ0) is 8.18. The molecule has 2 fully saturated rings. The molecule has 0 radical (unpaired) electrons. The number of thiazole rings is 1. The lowest BCUT2D eigenvalue weighted by molar-refractivity contribution is 0.401. The summed E-state index contributed by atoms with van der Waals surface area (Å²) in [6.45, 7) is 0. The number of nitrogens with zero attached hydrogens (tertiary/aromatic N) is 1. The van der Waals surface area contributed by atoms with Crippen LogP contribution in [-0.2, 0) is 5.54 Å². The van der Waals surface area contributed by atoms with Crippen molar-refractivity contribution < 1.29 is 0 Å². The second kappa shape index (κ2) is 2.09. The van der Waals surface area contributed by atoms with E-state index in [-0.39, 0.29) is 5.54 Å². The Hall–Kier alpha value is -0.410. The summed E-state index contributed by atoms with van der Waals surface area (Å²) in [5.41, 5.74) is 9.24. The van der Waals surface area contributed by atoms with Crippen LogP contribution in [0, 0.1) is 11.8 Å². The zero-order valence-electron chi connectivity index (χ0n) is 6.86. The smallest absolute Gasteiger partial charge is 0.0795 e. The maximum absolute atomic E-state index is 6.29. The van der Waals surface area contributed by atoms with Crippen LogP contribution in [0.2, 0.25) is 0 Å². The molecule has 2 atom stereocenters. The molecule has 0 amide bonds. The molecule has 0 bridgehead atoms. The van der Waals surface area contributed by atoms with E-state index in [0.29, 0.717) is 0 Å². The van der Waals surface area contributed by atoms with Gasteiger partial charge >= 0.3 is 0 Å². The van der Waals surface area contributed by atoms with Gasteiger partial charge in [-0.05, 0) is 31.1 Å². The molecule has 12 heavy (non-hydrogen) atoms. The second-order valence-corrected chi connectivity index (χ2v) is 4.91. The average molecular weight is 180 g/mol. The Bertz CT molecular complexity index is 283. The van der Waals surface area contributed by atoms with Crippen molar-refractivity contribution in [3.05, 3.63) is 16.6 Å². The minimum atomic E-state index is -0.0619. The van der Waals surface area contributed by atoms with E-state index >= 15 is 0 Å². The van der Waals surface area contributed by atoms with E-state index in [1.807, 2.05) is 5.51 Å². The van der Waals surface area contributed by atoms with E-state index in [0.717, 1.165) is 17.5 Å². The summed E-state index contributed by atoms with van der Waals surface area (Å²) in [4.78, 5) is 4.32. The highest BCUT2D eigenvalue weighted by Crippen LogP contribution is 2.58. The number of hydrogen-bond acceptors (Lipinski definition) is 3. The number of aromatic nitrogens is 1. The minimum absolute atomic E-state index is 0.0619. The summed E-state index contributed by atoms with van der Waals surface area (Å²) >= 11 is 1.65. The Labute approximate surface area is 75.8 Å². The van der Waals surface area contributed by atoms with Crippen LogP contribution >= 0.6 is 11.3 Å². The molecule has 0 aromatic carbocycles. The van der Waals surface area contributed by atoms with Gasteiger partial charge in [0.25, 0.3) is 0 Å². The fourth-order valence-electron chi connectivity index (χ4n) is 2.50. The highest BCUT2D eigenvalue weighted by atomic mass is 32.1. The number of hydrogen-bond donors (Lipinski definition) is 1. The highest BCUT2D eigenvalue weighted by molar-refractivity contribution is 7.07. The Morgan fingerprint density at radius 2 is 2.25 bits per heavy atom. The first-order valence-electron chi connectivity index (χ1n) is 4.45. The van der Waals surface area contributed by atoms with E-state index < -0.39 is 0 Å². The lowest BCUT2D eigenvalue weighted by Crippen LogP contribution is -2.35. The number of rotatable bonds is 1. The summed E-state index contributed by atoms with van der Waals surface area (Å²) in [7, 11) is 0. The molecule has 2 aliphatic carbocycles. The third-order valence-electron chi connectivity index (χ3n) is 3.26. The molecule has 2 unspecified atom stereocenters. The first-order chi connectivity index (χ1) is 5.78. The molecule has 1 heterocycles. The minimum Gasteiger partial charge on any atom is -0.320 e. The molecular formula is C9H12N2S. The first kappa shape index (κ1) is 7.04. The molecule has 2 nitrogen and oxygen atoms in total. The summed E-state index contributed by atoms with van der Waals surface area (Å²) in [6.07, 6.45) is 3.76. The lowest BCUT2D eigenvalue weighted by Gasteiger charge is -2.23. The molecule has 2 saturated carbocycles. The molecule has 3 rings (SSSR count). The van der Waals surface area contributed by atoms with Crippen LogP contribution in [0.4, 0.5) is 0 Å². The van der Waals surface area contributed by atoms with Gasteiger partial charge in [0.1, 0.15) is 0 Å². The van der Waals surface area contributed by atoms with Gasteiger partial charge in [-0.25, -0.2) is 4.98 Å².